The number of amides is 7. The highest BCUT2D eigenvalue weighted by atomic mass is 16.6. The minimum absolute atomic E-state index is 0.00110. The van der Waals surface area contributed by atoms with Crippen LogP contribution < -0.4 is 21.3 Å². The van der Waals surface area contributed by atoms with Crippen LogP contribution in [0.5, 0.6) is 0 Å². The standard InChI is InChI=1S/C46H70N6O10/c1-28(2)32(27-29(3)38(56)48-31(41(59)61-44(7,8)9)21-22-33(53)47-25-26-52-34(54)23-24-35(52)55)51(15)40(58)37(43(4,5)6)49-39(57)36(50-42(60)62-45(10,11)12)46(13,14)30-19-17-16-18-20-30/h16-20,23-24,27-28,31-32,36-37H,21-22,25-26H2,1-15H3,(H,47,53)(H,48,56)(H,49,57)(H,50,60)/b29-27+/t31-,32-,36-,37-/m1/s1. The highest BCUT2D eigenvalue weighted by Gasteiger charge is 2.43. The maximum atomic E-state index is 14.5. The number of benzene rings is 1. The van der Waals surface area contributed by atoms with E-state index in [2.05, 4.69) is 21.3 Å². The molecule has 1 aliphatic heterocycles. The SMILES string of the molecule is C/C(=C\[C@H](C(C)C)N(C)C(=O)[C@@H](NC(=O)[C@@H](NC(=O)OC(C)(C)C)C(C)(C)c1ccccc1)C(C)(C)C)C(=O)N[C@H](CCC(=O)NCCN1C(=O)C=CC1=O)C(=O)OC(C)(C)C. The van der Waals surface area contributed by atoms with E-state index in [0.717, 1.165) is 22.6 Å². The number of nitrogens with zero attached hydrogens (tertiary/aromatic N) is 2. The second-order valence-electron chi connectivity index (χ2n) is 19.6. The Balaban J connectivity index is 2.34. The summed E-state index contributed by atoms with van der Waals surface area (Å²) in [5, 5.41) is 11.0. The van der Waals surface area contributed by atoms with E-state index in [1.165, 1.54) is 4.90 Å². The van der Waals surface area contributed by atoms with E-state index < -0.39 is 93.7 Å². The Hall–Kier alpha value is -5.54. The van der Waals surface area contributed by atoms with Crippen molar-refractivity contribution in [1.82, 2.24) is 31.1 Å². The number of carbonyl (C=O) groups excluding carboxylic acids is 8. The predicted octanol–water partition coefficient (Wildman–Crippen LogP) is 4.47. The lowest BCUT2D eigenvalue weighted by Crippen LogP contribution is -2.63. The van der Waals surface area contributed by atoms with Crippen molar-refractivity contribution in [3.05, 3.63) is 59.7 Å². The minimum atomic E-state index is -1.22. The van der Waals surface area contributed by atoms with Gasteiger partial charge in [-0.2, -0.15) is 0 Å². The Morgan fingerprint density at radius 3 is 1.82 bits per heavy atom. The third-order valence-corrected chi connectivity index (χ3v) is 10.0. The number of carbonyl (C=O) groups is 8. The number of alkyl carbamates (subject to hydrolysis) is 1. The van der Waals surface area contributed by atoms with Gasteiger partial charge in [-0.1, -0.05) is 84.9 Å². The molecule has 344 valence electrons. The molecule has 0 unspecified atom stereocenters. The molecule has 7 amide bonds. The van der Waals surface area contributed by atoms with Crippen LogP contribution in [0, 0.1) is 11.3 Å². The van der Waals surface area contributed by atoms with Crippen LogP contribution in [0.1, 0.15) is 115 Å². The van der Waals surface area contributed by atoms with Gasteiger partial charge in [-0.15, -0.1) is 0 Å². The van der Waals surface area contributed by atoms with Gasteiger partial charge in [0.25, 0.3) is 11.8 Å². The molecule has 4 atom stereocenters. The molecule has 0 fully saturated rings. The average Bonchev–Trinajstić information content (AvgIpc) is 3.46. The molecule has 1 aromatic rings. The molecule has 4 N–H and O–H groups in total. The van der Waals surface area contributed by atoms with Crippen LogP contribution in [-0.4, -0.2) is 113 Å². The van der Waals surface area contributed by atoms with Crippen molar-refractivity contribution in [3.63, 3.8) is 0 Å². The molecule has 0 aromatic heterocycles. The summed E-state index contributed by atoms with van der Waals surface area (Å²) in [5.41, 5.74) is -2.56. The van der Waals surface area contributed by atoms with Crippen molar-refractivity contribution in [2.24, 2.45) is 11.3 Å². The van der Waals surface area contributed by atoms with Crippen molar-refractivity contribution in [2.45, 2.75) is 151 Å². The van der Waals surface area contributed by atoms with E-state index in [0.29, 0.717) is 0 Å². The van der Waals surface area contributed by atoms with E-state index in [9.17, 15) is 38.4 Å². The lowest BCUT2D eigenvalue weighted by Gasteiger charge is -2.40. The van der Waals surface area contributed by atoms with Gasteiger partial charge in [-0.05, 0) is 71.8 Å². The quantitative estimate of drug-likeness (QED) is 0.0925. The summed E-state index contributed by atoms with van der Waals surface area (Å²) >= 11 is 0. The van der Waals surface area contributed by atoms with Crippen LogP contribution in [0.25, 0.3) is 0 Å². The van der Waals surface area contributed by atoms with E-state index in [4.69, 9.17) is 9.47 Å². The third-order valence-electron chi connectivity index (χ3n) is 10.0. The second kappa shape index (κ2) is 21.5. The first-order valence-corrected chi connectivity index (χ1v) is 21.0. The fourth-order valence-corrected chi connectivity index (χ4v) is 6.56. The van der Waals surface area contributed by atoms with Gasteiger partial charge in [0, 0.05) is 49.7 Å². The summed E-state index contributed by atoms with van der Waals surface area (Å²) in [4.78, 5) is 108. The molecule has 16 nitrogen and oxygen atoms in total. The lowest BCUT2D eigenvalue weighted by molar-refractivity contribution is -0.158. The van der Waals surface area contributed by atoms with Crippen LogP contribution in [0.3, 0.4) is 0 Å². The summed E-state index contributed by atoms with van der Waals surface area (Å²) in [6.45, 7) is 24.5. The molecule has 0 radical (unpaired) electrons. The van der Waals surface area contributed by atoms with E-state index in [1.807, 2.05) is 78.8 Å². The number of rotatable bonds is 18. The summed E-state index contributed by atoms with van der Waals surface area (Å²) < 4.78 is 11.1. The molecular weight excluding hydrogens is 797 g/mol. The molecule has 1 aromatic carbocycles. The molecule has 2 rings (SSSR count). The molecule has 0 spiro atoms. The lowest BCUT2D eigenvalue weighted by atomic mass is 9.76. The van der Waals surface area contributed by atoms with Crippen molar-refractivity contribution in [1.29, 1.82) is 0 Å². The van der Waals surface area contributed by atoms with Crippen LogP contribution in [-0.2, 0) is 48.5 Å². The summed E-state index contributed by atoms with van der Waals surface area (Å²) in [5.74, 6) is -4.08. The Morgan fingerprint density at radius 2 is 1.32 bits per heavy atom. The fraction of sp³-hybridized carbons (Fsp3) is 0.609. The van der Waals surface area contributed by atoms with Crippen LogP contribution in [0.4, 0.5) is 4.79 Å². The van der Waals surface area contributed by atoms with Crippen LogP contribution >= 0.6 is 0 Å². The number of likely N-dealkylation sites (N-methyl/N-ethyl adjacent to an activating group) is 1. The molecular formula is C46H70N6O10. The Kier molecular flexibility index (Phi) is 18.2. The average molecular weight is 867 g/mol. The third kappa shape index (κ3) is 16.1. The van der Waals surface area contributed by atoms with Gasteiger partial charge < -0.3 is 35.6 Å². The molecule has 0 aliphatic carbocycles. The van der Waals surface area contributed by atoms with Gasteiger partial charge in [0.15, 0.2) is 0 Å². The Bertz CT molecular complexity index is 1850. The summed E-state index contributed by atoms with van der Waals surface area (Å²) in [6.07, 6.45) is 2.81. The zero-order valence-electron chi connectivity index (χ0n) is 39.3. The second-order valence-corrected chi connectivity index (χ2v) is 19.6. The van der Waals surface area contributed by atoms with Gasteiger partial charge in [0.1, 0.15) is 29.3 Å². The predicted molar refractivity (Wildman–Crippen MR) is 235 cm³/mol. The molecule has 1 heterocycles. The van der Waals surface area contributed by atoms with Crippen molar-refractivity contribution >= 4 is 47.5 Å². The smallest absolute Gasteiger partial charge is 0.408 e. The van der Waals surface area contributed by atoms with E-state index >= 15 is 0 Å². The maximum Gasteiger partial charge on any atom is 0.408 e. The van der Waals surface area contributed by atoms with E-state index in [-0.39, 0.29) is 37.4 Å². The number of hydrogen-bond acceptors (Lipinski definition) is 10. The Labute approximate surface area is 367 Å². The van der Waals surface area contributed by atoms with Gasteiger partial charge in [0.2, 0.25) is 23.6 Å². The number of esters is 1. The topological polar surface area (TPSA) is 210 Å². The highest BCUT2D eigenvalue weighted by molar-refractivity contribution is 6.12. The molecule has 0 bridgehead atoms. The fourth-order valence-electron chi connectivity index (χ4n) is 6.56. The number of imide groups is 1. The first-order chi connectivity index (χ1) is 28.3. The zero-order valence-corrected chi connectivity index (χ0v) is 39.3. The van der Waals surface area contributed by atoms with Crippen LogP contribution in [0.15, 0.2) is 54.1 Å². The first-order valence-electron chi connectivity index (χ1n) is 21.0. The highest BCUT2D eigenvalue weighted by Crippen LogP contribution is 2.30. The van der Waals surface area contributed by atoms with E-state index in [1.54, 1.807) is 61.6 Å². The van der Waals surface area contributed by atoms with Crippen LogP contribution in [0.2, 0.25) is 0 Å². The zero-order chi connectivity index (χ0) is 47.5. The molecule has 62 heavy (non-hydrogen) atoms. The number of nitrogens with one attached hydrogen (secondary N) is 4. The summed E-state index contributed by atoms with van der Waals surface area (Å²) in [6, 6.07) is 5.09. The van der Waals surface area contributed by atoms with Crippen molar-refractivity contribution in [3.8, 4) is 0 Å². The van der Waals surface area contributed by atoms with Crippen molar-refractivity contribution in [2.75, 3.05) is 20.1 Å². The normalized spacial score (nSPS) is 15.6. The summed E-state index contributed by atoms with van der Waals surface area (Å²) in [7, 11) is 1.58. The van der Waals surface area contributed by atoms with Gasteiger partial charge in [-0.25, -0.2) is 9.59 Å². The van der Waals surface area contributed by atoms with Gasteiger partial charge in [-0.3, -0.25) is 33.7 Å². The Morgan fingerprint density at radius 1 is 0.774 bits per heavy atom. The van der Waals surface area contributed by atoms with Gasteiger partial charge in [0.05, 0.1) is 6.04 Å². The van der Waals surface area contributed by atoms with Crippen molar-refractivity contribution < 1.29 is 47.8 Å². The molecule has 0 saturated carbocycles. The van der Waals surface area contributed by atoms with Gasteiger partial charge >= 0.3 is 12.1 Å². The molecule has 0 saturated heterocycles. The monoisotopic (exact) mass is 867 g/mol. The molecule has 16 heteroatoms. The number of hydrogen-bond donors (Lipinski definition) is 4. The minimum Gasteiger partial charge on any atom is -0.458 e. The number of ether oxygens (including phenoxy) is 2. The first kappa shape index (κ1) is 52.6. The largest absolute Gasteiger partial charge is 0.458 e. The molecule has 1 aliphatic rings. The maximum absolute atomic E-state index is 14.5.